The second-order valence-corrected chi connectivity index (χ2v) is 21.7. The molecule has 0 rings (SSSR count). The third-order valence-electron chi connectivity index (χ3n) is 14.8. The smallest absolute Gasteiger partial charge is 0.305 e. The van der Waals surface area contributed by atoms with Crippen molar-refractivity contribution in [2.75, 3.05) is 13.2 Å². The number of rotatable bonds is 59. The predicted molar refractivity (Wildman–Crippen MR) is 306 cm³/mol. The largest absolute Gasteiger partial charge is 0.466 e. The lowest BCUT2D eigenvalue weighted by Gasteiger charge is -2.22. The monoisotopic (exact) mass is 986 g/mol. The Hall–Kier alpha value is -1.66. The van der Waals surface area contributed by atoms with E-state index >= 15 is 0 Å². The third kappa shape index (κ3) is 55.7. The maximum absolute atomic E-state index is 12.5. The van der Waals surface area contributed by atoms with Gasteiger partial charge < -0.3 is 20.3 Å². The van der Waals surface area contributed by atoms with E-state index in [2.05, 4.69) is 43.5 Å². The normalized spacial score (nSPS) is 12.7. The Kier molecular flexibility index (Phi) is 58.5. The Balaban J connectivity index is 3.41. The maximum atomic E-state index is 12.5. The highest BCUT2D eigenvalue weighted by Gasteiger charge is 2.20. The molecule has 0 aliphatic carbocycles. The molecule has 2 unspecified atom stereocenters. The quantitative estimate of drug-likeness (QED) is 0.0321. The summed E-state index contributed by atoms with van der Waals surface area (Å²) in [6.07, 6.45) is 73.4. The van der Waals surface area contributed by atoms with Crippen LogP contribution < -0.4 is 5.32 Å². The molecule has 0 spiro atoms. The second-order valence-electron chi connectivity index (χ2n) is 21.7. The van der Waals surface area contributed by atoms with E-state index in [0.717, 1.165) is 44.9 Å². The minimum Gasteiger partial charge on any atom is -0.466 e. The molecule has 0 radical (unpaired) electrons. The first-order chi connectivity index (χ1) is 34.5. The Morgan fingerprint density at radius 3 is 1.09 bits per heavy atom. The number of nitrogens with one attached hydrogen (secondary N) is 1. The zero-order valence-corrected chi connectivity index (χ0v) is 47.3. The summed E-state index contributed by atoms with van der Waals surface area (Å²) in [6, 6.07) is -0.545. The lowest BCUT2D eigenvalue weighted by molar-refractivity contribution is -0.143. The number of carbonyl (C=O) groups excluding carboxylic acids is 2. The van der Waals surface area contributed by atoms with Crippen molar-refractivity contribution in [1.29, 1.82) is 0 Å². The summed E-state index contributed by atoms with van der Waals surface area (Å²) in [5.74, 6) is -0.0277. The van der Waals surface area contributed by atoms with E-state index in [1.54, 1.807) is 0 Å². The summed E-state index contributed by atoms with van der Waals surface area (Å²) in [6.45, 7) is 4.97. The highest BCUT2D eigenvalue weighted by Crippen LogP contribution is 2.18. The molecule has 6 nitrogen and oxygen atoms in total. The van der Waals surface area contributed by atoms with Gasteiger partial charge in [-0.1, -0.05) is 301 Å². The summed E-state index contributed by atoms with van der Waals surface area (Å²) in [5.41, 5.74) is 0. The first-order valence-electron chi connectivity index (χ1n) is 31.6. The number of allylic oxidation sites excluding steroid dienone is 4. The minimum absolute atomic E-state index is 0.0123. The number of aliphatic hydroxyl groups excluding tert-OH is 2. The number of hydrogen-bond acceptors (Lipinski definition) is 5. The zero-order valence-electron chi connectivity index (χ0n) is 47.3. The van der Waals surface area contributed by atoms with E-state index in [0.29, 0.717) is 25.9 Å². The first kappa shape index (κ1) is 68.3. The van der Waals surface area contributed by atoms with Crippen molar-refractivity contribution in [3.05, 3.63) is 24.3 Å². The number of unbranched alkanes of at least 4 members (excludes halogenated alkanes) is 44. The van der Waals surface area contributed by atoms with E-state index in [9.17, 15) is 19.8 Å². The van der Waals surface area contributed by atoms with Gasteiger partial charge in [-0.05, 0) is 57.8 Å². The van der Waals surface area contributed by atoms with Crippen molar-refractivity contribution < 1.29 is 24.5 Å². The van der Waals surface area contributed by atoms with Gasteiger partial charge in [-0.3, -0.25) is 9.59 Å². The number of hydrogen-bond donors (Lipinski definition) is 3. The predicted octanol–water partition coefficient (Wildman–Crippen LogP) is 19.8. The fourth-order valence-corrected chi connectivity index (χ4v) is 9.91. The van der Waals surface area contributed by atoms with E-state index < -0.39 is 12.1 Å². The van der Waals surface area contributed by atoms with Gasteiger partial charge in [-0.15, -0.1) is 0 Å². The van der Waals surface area contributed by atoms with Crippen molar-refractivity contribution in [3.8, 4) is 0 Å². The molecule has 70 heavy (non-hydrogen) atoms. The molecule has 0 saturated heterocycles. The molecular formula is C64H123NO5. The number of carbonyl (C=O) groups is 2. The highest BCUT2D eigenvalue weighted by atomic mass is 16.5. The molecule has 0 aliphatic heterocycles. The van der Waals surface area contributed by atoms with Crippen molar-refractivity contribution >= 4 is 11.9 Å². The Labute approximate surface area is 437 Å². The van der Waals surface area contributed by atoms with Crippen LogP contribution in [0.3, 0.4) is 0 Å². The Bertz CT molecular complexity index is 1090. The summed E-state index contributed by atoms with van der Waals surface area (Å²) >= 11 is 0. The number of amides is 1. The Morgan fingerprint density at radius 2 is 0.714 bits per heavy atom. The van der Waals surface area contributed by atoms with Gasteiger partial charge in [-0.2, -0.15) is 0 Å². The second kappa shape index (κ2) is 59.9. The van der Waals surface area contributed by atoms with E-state index in [1.807, 2.05) is 0 Å². The van der Waals surface area contributed by atoms with Crippen LogP contribution in [-0.2, 0) is 14.3 Å². The van der Waals surface area contributed by atoms with Gasteiger partial charge in [0.15, 0.2) is 0 Å². The van der Waals surface area contributed by atoms with E-state index in [4.69, 9.17) is 4.74 Å². The average Bonchev–Trinajstić information content (AvgIpc) is 3.36. The topological polar surface area (TPSA) is 95.9 Å². The SMILES string of the molecule is CCCCCCCCCCCCCCCCCC(=O)OCCCCCCCCCCC/C=C\C/C=C\CCCCCCCCCCCC(=O)NC(CO)C(O)CCCCCCCCCCCCCCC. The summed E-state index contributed by atoms with van der Waals surface area (Å²) in [5, 5.41) is 23.2. The molecule has 0 heterocycles. The van der Waals surface area contributed by atoms with E-state index in [1.165, 1.54) is 270 Å². The van der Waals surface area contributed by atoms with Gasteiger partial charge in [0.25, 0.3) is 0 Å². The third-order valence-corrected chi connectivity index (χ3v) is 14.8. The van der Waals surface area contributed by atoms with Crippen LogP contribution in [0.4, 0.5) is 0 Å². The van der Waals surface area contributed by atoms with Gasteiger partial charge in [0.05, 0.1) is 25.4 Å². The molecular weight excluding hydrogens is 863 g/mol. The number of aliphatic hydroxyl groups is 2. The molecule has 0 bridgehead atoms. The van der Waals surface area contributed by atoms with Crippen LogP contribution in [0.2, 0.25) is 0 Å². The number of esters is 1. The number of ether oxygens (including phenoxy) is 1. The fourth-order valence-electron chi connectivity index (χ4n) is 9.91. The molecule has 0 fully saturated rings. The van der Waals surface area contributed by atoms with Crippen LogP contribution in [0.1, 0.15) is 348 Å². The lowest BCUT2D eigenvalue weighted by Crippen LogP contribution is -2.45. The van der Waals surface area contributed by atoms with Crippen molar-refractivity contribution in [2.24, 2.45) is 0 Å². The molecule has 0 saturated carbocycles. The van der Waals surface area contributed by atoms with Gasteiger partial charge in [0.1, 0.15) is 0 Å². The van der Waals surface area contributed by atoms with Crippen LogP contribution >= 0.6 is 0 Å². The Morgan fingerprint density at radius 1 is 0.400 bits per heavy atom. The summed E-state index contributed by atoms with van der Waals surface area (Å²) < 4.78 is 5.49. The van der Waals surface area contributed by atoms with Crippen molar-refractivity contribution in [2.45, 2.75) is 360 Å². The minimum atomic E-state index is -0.667. The molecule has 0 aliphatic rings. The molecule has 0 aromatic heterocycles. The van der Waals surface area contributed by atoms with Gasteiger partial charge in [0.2, 0.25) is 5.91 Å². The molecule has 2 atom stereocenters. The van der Waals surface area contributed by atoms with Crippen LogP contribution in [0.5, 0.6) is 0 Å². The fraction of sp³-hybridized carbons (Fsp3) is 0.906. The van der Waals surface area contributed by atoms with E-state index in [-0.39, 0.29) is 18.5 Å². The van der Waals surface area contributed by atoms with Gasteiger partial charge >= 0.3 is 5.97 Å². The zero-order chi connectivity index (χ0) is 50.7. The molecule has 6 heteroatoms. The average molecular weight is 987 g/mol. The van der Waals surface area contributed by atoms with Crippen LogP contribution in [-0.4, -0.2) is 47.4 Å². The van der Waals surface area contributed by atoms with Crippen LogP contribution in [0, 0.1) is 0 Å². The summed E-state index contributed by atoms with van der Waals surface area (Å²) in [4.78, 5) is 24.5. The molecule has 1 amide bonds. The summed E-state index contributed by atoms with van der Waals surface area (Å²) in [7, 11) is 0. The van der Waals surface area contributed by atoms with Crippen molar-refractivity contribution in [3.63, 3.8) is 0 Å². The molecule has 0 aromatic rings. The highest BCUT2D eigenvalue weighted by molar-refractivity contribution is 5.76. The van der Waals surface area contributed by atoms with Crippen LogP contribution in [0.15, 0.2) is 24.3 Å². The maximum Gasteiger partial charge on any atom is 0.305 e. The lowest BCUT2D eigenvalue weighted by atomic mass is 10.0. The van der Waals surface area contributed by atoms with Crippen LogP contribution in [0.25, 0.3) is 0 Å². The van der Waals surface area contributed by atoms with Gasteiger partial charge in [-0.25, -0.2) is 0 Å². The first-order valence-corrected chi connectivity index (χ1v) is 31.6. The van der Waals surface area contributed by atoms with Crippen molar-refractivity contribution in [1.82, 2.24) is 5.32 Å². The van der Waals surface area contributed by atoms with Gasteiger partial charge in [0, 0.05) is 12.8 Å². The standard InChI is InChI=1S/C64H123NO5/c1-3-5-7-9-11-13-15-17-29-34-38-42-46-50-54-58-64(69)70-59-55-51-47-43-39-35-31-28-26-24-22-20-18-19-21-23-25-27-30-33-37-41-45-49-53-57-63(68)65-61(60-66)62(67)56-52-48-44-40-36-32-16-14-12-10-8-6-4-2/h19-22,61-62,66-67H,3-18,23-60H2,1-2H3,(H,65,68)/b21-19-,22-20-. The molecule has 3 N–H and O–H groups in total. The molecule has 0 aromatic carbocycles. The molecule has 414 valence electrons.